The van der Waals surface area contributed by atoms with Crippen LogP contribution in [0.4, 0.5) is 10.1 Å². The lowest BCUT2D eigenvalue weighted by Gasteiger charge is -2.26. The molecule has 1 aromatic rings. The first-order valence-electron chi connectivity index (χ1n) is 6.50. The third-order valence-electron chi connectivity index (χ3n) is 3.34. The van der Waals surface area contributed by atoms with Crippen LogP contribution in [0.1, 0.15) is 12.0 Å². The molecule has 7 heteroatoms. The van der Waals surface area contributed by atoms with Crippen LogP contribution in [-0.4, -0.2) is 42.7 Å². The van der Waals surface area contributed by atoms with Gasteiger partial charge in [-0.25, -0.2) is 4.39 Å². The van der Waals surface area contributed by atoms with E-state index in [0.717, 1.165) is 39.3 Å². The van der Waals surface area contributed by atoms with Gasteiger partial charge in [-0.3, -0.25) is 15.0 Å². The summed E-state index contributed by atoms with van der Waals surface area (Å²) >= 11 is 3.01. The molecule has 1 saturated heterocycles. The zero-order valence-corrected chi connectivity index (χ0v) is 12.6. The molecule has 0 aromatic heterocycles. The van der Waals surface area contributed by atoms with Gasteiger partial charge in [-0.2, -0.15) is 0 Å². The Bertz CT molecular complexity index is 493. The molecule has 1 heterocycles. The third kappa shape index (κ3) is 3.97. The average Bonchev–Trinajstić information content (AvgIpc) is 2.42. The highest BCUT2D eigenvalue weighted by Crippen LogP contribution is 2.28. The number of ether oxygens (including phenoxy) is 1. The second kappa shape index (κ2) is 7.10. The van der Waals surface area contributed by atoms with Crippen molar-refractivity contribution in [3.8, 4) is 0 Å². The van der Waals surface area contributed by atoms with Crippen molar-refractivity contribution < 1.29 is 14.1 Å². The second-order valence-electron chi connectivity index (χ2n) is 4.71. The Balaban J connectivity index is 1.94. The summed E-state index contributed by atoms with van der Waals surface area (Å²) in [6.07, 6.45) is 1.27. The number of aryl methyl sites for hydroxylation is 1. The molecular formula is C13H16BrFN2O3. The summed E-state index contributed by atoms with van der Waals surface area (Å²) in [5.41, 5.74) is 0.306. The molecule has 5 nitrogen and oxygen atoms in total. The highest BCUT2D eigenvalue weighted by molar-refractivity contribution is 9.10. The second-order valence-corrected chi connectivity index (χ2v) is 5.56. The summed E-state index contributed by atoms with van der Waals surface area (Å²) < 4.78 is 19.2. The first-order valence-corrected chi connectivity index (χ1v) is 7.29. The number of nitro groups is 1. The number of nitrogens with zero attached hydrogens (tertiary/aromatic N) is 2. The number of rotatable bonds is 5. The molecule has 0 amide bonds. The van der Waals surface area contributed by atoms with Crippen LogP contribution in [0.2, 0.25) is 0 Å². The predicted octanol–water partition coefficient (Wildman–Crippen LogP) is 2.76. The largest absolute Gasteiger partial charge is 0.379 e. The fraction of sp³-hybridized carbons (Fsp3) is 0.538. The number of hydrogen-bond donors (Lipinski definition) is 0. The molecule has 1 aromatic carbocycles. The van der Waals surface area contributed by atoms with Crippen LogP contribution in [0.25, 0.3) is 0 Å². The van der Waals surface area contributed by atoms with Crippen LogP contribution in [0.3, 0.4) is 0 Å². The maximum absolute atomic E-state index is 13.8. The Kier molecular flexibility index (Phi) is 5.45. The maximum atomic E-state index is 13.8. The van der Waals surface area contributed by atoms with Gasteiger partial charge in [0.1, 0.15) is 5.82 Å². The highest BCUT2D eigenvalue weighted by atomic mass is 79.9. The van der Waals surface area contributed by atoms with Gasteiger partial charge < -0.3 is 4.74 Å². The fourth-order valence-electron chi connectivity index (χ4n) is 2.23. The molecule has 1 aliphatic rings. The Morgan fingerprint density at radius 2 is 2.10 bits per heavy atom. The summed E-state index contributed by atoms with van der Waals surface area (Å²) in [6.45, 7) is 4.11. The fourth-order valence-corrected chi connectivity index (χ4v) is 2.69. The van der Waals surface area contributed by atoms with Crippen LogP contribution < -0.4 is 0 Å². The topological polar surface area (TPSA) is 55.6 Å². The first kappa shape index (κ1) is 15.3. The Morgan fingerprint density at radius 1 is 1.40 bits per heavy atom. The van der Waals surface area contributed by atoms with Crippen molar-refractivity contribution >= 4 is 21.6 Å². The molecule has 0 bridgehead atoms. The summed E-state index contributed by atoms with van der Waals surface area (Å²) in [5, 5.41) is 10.8. The Labute approximate surface area is 125 Å². The van der Waals surface area contributed by atoms with Crippen LogP contribution in [0.15, 0.2) is 16.6 Å². The number of hydrogen-bond acceptors (Lipinski definition) is 4. The van der Waals surface area contributed by atoms with Crippen LogP contribution in [0.5, 0.6) is 0 Å². The molecule has 0 aliphatic carbocycles. The van der Waals surface area contributed by atoms with Crippen molar-refractivity contribution in [2.45, 2.75) is 12.8 Å². The molecule has 0 radical (unpaired) electrons. The van der Waals surface area contributed by atoms with E-state index in [9.17, 15) is 14.5 Å². The molecule has 1 fully saturated rings. The van der Waals surface area contributed by atoms with E-state index in [0.29, 0.717) is 12.0 Å². The molecule has 0 spiro atoms. The summed E-state index contributed by atoms with van der Waals surface area (Å²) in [7, 11) is 0. The molecular weight excluding hydrogens is 331 g/mol. The maximum Gasteiger partial charge on any atom is 0.283 e. The SMILES string of the molecule is O=[N+]([O-])c1cc(CCCN2CCOCC2)c(F)cc1Br. The van der Waals surface area contributed by atoms with Crippen molar-refractivity contribution in [3.05, 3.63) is 38.1 Å². The lowest BCUT2D eigenvalue weighted by atomic mass is 10.1. The van der Waals surface area contributed by atoms with Crippen molar-refractivity contribution in [3.63, 3.8) is 0 Å². The molecule has 0 N–H and O–H groups in total. The number of nitro benzene ring substituents is 1. The van der Waals surface area contributed by atoms with Crippen molar-refractivity contribution in [1.29, 1.82) is 0 Å². The van der Waals surface area contributed by atoms with Gasteiger partial charge in [0.2, 0.25) is 0 Å². The number of morpholine rings is 1. The van der Waals surface area contributed by atoms with Gasteiger partial charge in [0.05, 0.1) is 22.6 Å². The Morgan fingerprint density at radius 3 is 2.75 bits per heavy atom. The van der Waals surface area contributed by atoms with E-state index in [1.54, 1.807) is 0 Å². The minimum atomic E-state index is -0.505. The molecule has 110 valence electrons. The van der Waals surface area contributed by atoms with Crippen molar-refractivity contribution in [1.82, 2.24) is 4.90 Å². The minimum Gasteiger partial charge on any atom is -0.379 e. The van der Waals surface area contributed by atoms with Crippen LogP contribution in [0, 0.1) is 15.9 Å². The molecule has 0 unspecified atom stereocenters. The average molecular weight is 347 g/mol. The van der Waals surface area contributed by atoms with E-state index < -0.39 is 10.7 Å². The smallest absolute Gasteiger partial charge is 0.283 e. The van der Waals surface area contributed by atoms with Gasteiger partial charge >= 0.3 is 0 Å². The van der Waals surface area contributed by atoms with E-state index >= 15 is 0 Å². The number of benzene rings is 1. The number of halogens is 2. The summed E-state index contributed by atoms with van der Waals surface area (Å²) in [4.78, 5) is 12.6. The molecule has 2 rings (SSSR count). The van der Waals surface area contributed by atoms with Gasteiger partial charge in [-0.15, -0.1) is 0 Å². The molecule has 20 heavy (non-hydrogen) atoms. The lowest BCUT2D eigenvalue weighted by molar-refractivity contribution is -0.385. The van der Waals surface area contributed by atoms with E-state index in [-0.39, 0.29) is 10.2 Å². The first-order chi connectivity index (χ1) is 9.58. The van der Waals surface area contributed by atoms with E-state index in [1.165, 1.54) is 12.1 Å². The molecule has 0 atom stereocenters. The van der Waals surface area contributed by atoms with Crippen molar-refractivity contribution in [2.75, 3.05) is 32.8 Å². The zero-order chi connectivity index (χ0) is 14.5. The third-order valence-corrected chi connectivity index (χ3v) is 3.97. The minimum absolute atomic E-state index is 0.0900. The van der Waals surface area contributed by atoms with Gasteiger partial charge in [0.15, 0.2) is 0 Å². The quantitative estimate of drug-likeness (QED) is 0.607. The van der Waals surface area contributed by atoms with E-state index in [1.807, 2.05) is 0 Å². The standard InChI is InChI=1S/C13H16BrFN2O3/c14-11-9-12(15)10(8-13(11)17(18)19)2-1-3-16-4-6-20-7-5-16/h8-9H,1-7H2. The van der Waals surface area contributed by atoms with Gasteiger partial charge in [-0.05, 0) is 46.9 Å². The van der Waals surface area contributed by atoms with Crippen LogP contribution in [-0.2, 0) is 11.2 Å². The predicted molar refractivity (Wildman–Crippen MR) is 76.3 cm³/mol. The van der Waals surface area contributed by atoms with Crippen molar-refractivity contribution in [2.24, 2.45) is 0 Å². The van der Waals surface area contributed by atoms with E-state index in [2.05, 4.69) is 20.8 Å². The summed E-state index contributed by atoms with van der Waals surface area (Å²) in [5.74, 6) is -0.399. The Hall–Kier alpha value is -1.05. The molecule has 1 aliphatic heterocycles. The van der Waals surface area contributed by atoms with Gasteiger partial charge in [0, 0.05) is 19.2 Å². The zero-order valence-electron chi connectivity index (χ0n) is 11.0. The lowest BCUT2D eigenvalue weighted by Crippen LogP contribution is -2.36. The van der Waals surface area contributed by atoms with Crippen LogP contribution >= 0.6 is 15.9 Å². The monoisotopic (exact) mass is 346 g/mol. The van der Waals surface area contributed by atoms with E-state index in [4.69, 9.17) is 4.74 Å². The van der Waals surface area contributed by atoms with Gasteiger partial charge in [-0.1, -0.05) is 0 Å². The normalized spacial score (nSPS) is 16.3. The van der Waals surface area contributed by atoms with Gasteiger partial charge in [0.25, 0.3) is 5.69 Å². The highest BCUT2D eigenvalue weighted by Gasteiger charge is 2.17. The summed E-state index contributed by atoms with van der Waals surface area (Å²) in [6, 6.07) is 2.49. The molecule has 0 saturated carbocycles.